The molecule has 0 bridgehead atoms. The molecular formula is C53H99NO8P+. The fourth-order valence-electron chi connectivity index (χ4n) is 7.07. The maximum Gasteiger partial charge on any atom is 0.472 e. The van der Waals surface area contributed by atoms with Crippen molar-refractivity contribution in [1.29, 1.82) is 0 Å². The van der Waals surface area contributed by atoms with Crippen molar-refractivity contribution in [2.24, 2.45) is 0 Å². The first-order valence-electron chi connectivity index (χ1n) is 25.9. The Kier molecular flexibility index (Phi) is 43.7. The lowest BCUT2D eigenvalue weighted by atomic mass is 10.0. The highest BCUT2D eigenvalue weighted by Gasteiger charge is 2.27. The number of carbonyl (C=O) groups is 2. The van der Waals surface area contributed by atoms with Crippen LogP contribution in [0.25, 0.3) is 0 Å². The molecule has 0 aliphatic rings. The highest BCUT2D eigenvalue weighted by Crippen LogP contribution is 2.43. The van der Waals surface area contributed by atoms with Gasteiger partial charge < -0.3 is 18.9 Å². The van der Waals surface area contributed by atoms with Gasteiger partial charge in [0.1, 0.15) is 19.8 Å². The number of rotatable bonds is 47. The molecule has 0 aromatic carbocycles. The molecule has 0 aliphatic carbocycles. The van der Waals surface area contributed by atoms with E-state index < -0.39 is 26.5 Å². The fraction of sp³-hybridized carbons (Fsp3) is 0.811. The molecule has 9 nitrogen and oxygen atoms in total. The average Bonchev–Trinajstić information content (AvgIpc) is 3.24. The van der Waals surface area contributed by atoms with Crippen molar-refractivity contribution in [3.05, 3.63) is 48.6 Å². The summed E-state index contributed by atoms with van der Waals surface area (Å²) in [5, 5.41) is 0. The maximum absolute atomic E-state index is 12.7. The van der Waals surface area contributed by atoms with Crippen LogP contribution in [-0.4, -0.2) is 74.9 Å². The smallest absolute Gasteiger partial charge is 0.462 e. The van der Waals surface area contributed by atoms with E-state index in [1.165, 1.54) is 148 Å². The van der Waals surface area contributed by atoms with Gasteiger partial charge in [0.15, 0.2) is 6.10 Å². The Morgan fingerprint density at radius 1 is 0.492 bits per heavy atom. The molecule has 0 aliphatic heterocycles. The minimum Gasteiger partial charge on any atom is -0.462 e. The van der Waals surface area contributed by atoms with E-state index in [0.717, 1.165) is 44.9 Å². The molecule has 0 amide bonds. The number of allylic oxidation sites excluding steroid dienone is 8. The van der Waals surface area contributed by atoms with Crippen LogP contribution < -0.4 is 0 Å². The molecule has 63 heavy (non-hydrogen) atoms. The Labute approximate surface area is 388 Å². The Morgan fingerprint density at radius 3 is 1.32 bits per heavy atom. The van der Waals surface area contributed by atoms with Crippen molar-refractivity contribution in [2.45, 2.75) is 232 Å². The standard InChI is InChI=1S/C53H98NO8P/c1-6-8-10-12-14-16-18-20-22-24-26-27-28-30-32-34-36-38-40-42-44-46-53(56)62-51(50-61-63(57,58)60-48-47-54(3,4)5)49-59-52(55)45-43-41-39-37-35-33-31-29-25-23-21-19-17-15-13-11-9-7-2/h22,24,27-28,32,34,38,40,51H,6-21,23,25-26,29-31,33,35-37,39,41-50H2,1-5H3/p+1/b24-22+,28-27+,34-32+,40-38+/t51-/m1/s1. The Bertz CT molecular complexity index is 1210. The molecule has 0 spiro atoms. The zero-order chi connectivity index (χ0) is 46.4. The number of likely N-dealkylation sites (N-methyl/N-ethyl adjacent to an activating group) is 1. The predicted octanol–water partition coefficient (Wildman–Crippen LogP) is 15.4. The van der Waals surface area contributed by atoms with Crippen molar-refractivity contribution in [1.82, 2.24) is 0 Å². The minimum atomic E-state index is -4.39. The van der Waals surface area contributed by atoms with Crippen molar-refractivity contribution < 1.29 is 42.1 Å². The van der Waals surface area contributed by atoms with E-state index in [2.05, 4.69) is 62.5 Å². The summed E-state index contributed by atoms with van der Waals surface area (Å²) in [6.45, 7) is 4.39. The zero-order valence-corrected chi connectivity index (χ0v) is 42.5. The van der Waals surface area contributed by atoms with Crippen molar-refractivity contribution in [3.63, 3.8) is 0 Å². The highest BCUT2D eigenvalue weighted by molar-refractivity contribution is 7.47. The summed E-state index contributed by atoms with van der Waals surface area (Å²) >= 11 is 0. The van der Waals surface area contributed by atoms with E-state index in [0.29, 0.717) is 17.4 Å². The van der Waals surface area contributed by atoms with E-state index in [-0.39, 0.29) is 32.0 Å². The van der Waals surface area contributed by atoms with Gasteiger partial charge in [0.05, 0.1) is 27.7 Å². The van der Waals surface area contributed by atoms with Crippen molar-refractivity contribution >= 4 is 19.8 Å². The van der Waals surface area contributed by atoms with Crippen LogP contribution in [0.1, 0.15) is 226 Å². The molecule has 0 saturated heterocycles. The van der Waals surface area contributed by atoms with Crippen LogP contribution in [0.3, 0.4) is 0 Å². The molecule has 10 heteroatoms. The number of hydrogen-bond donors (Lipinski definition) is 1. The van der Waals surface area contributed by atoms with Gasteiger partial charge in [-0.05, 0) is 51.4 Å². The van der Waals surface area contributed by atoms with Crippen LogP contribution in [0.5, 0.6) is 0 Å². The first-order valence-corrected chi connectivity index (χ1v) is 27.4. The Morgan fingerprint density at radius 2 is 0.873 bits per heavy atom. The summed E-state index contributed by atoms with van der Waals surface area (Å²) in [6, 6.07) is 0. The monoisotopic (exact) mass is 909 g/mol. The predicted molar refractivity (Wildman–Crippen MR) is 266 cm³/mol. The lowest BCUT2D eigenvalue weighted by Gasteiger charge is -2.24. The van der Waals surface area contributed by atoms with Crippen LogP contribution in [0.2, 0.25) is 0 Å². The number of esters is 2. The first kappa shape index (κ1) is 61.0. The van der Waals surface area contributed by atoms with Gasteiger partial charge in [-0.3, -0.25) is 18.6 Å². The van der Waals surface area contributed by atoms with E-state index in [1.54, 1.807) is 0 Å². The molecular weight excluding hydrogens is 810 g/mol. The summed E-state index contributed by atoms with van der Waals surface area (Å²) in [4.78, 5) is 35.5. The van der Waals surface area contributed by atoms with Gasteiger partial charge in [0, 0.05) is 12.8 Å². The van der Waals surface area contributed by atoms with Gasteiger partial charge in [-0.25, -0.2) is 4.57 Å². The SMILES string of the molecule is CCCCCCCCC/C=C/C/C=C/C/C=C/C/C=C/CCCC(=O)O[C@H](COC(=O)CCCCCCCCCCCCCCCCCCCC)COP(=O)(O)OCC[N+](C)(C)C. The van der Waals surface area contributed by atoms with Crippen LogP contribution in [0.4, 0.5) is 0 Å². The molecule has 0 heterocycles. The molecule has 0 aromatic rings. The summed E-state index contributed by atoms with van der Waals surface area (Å²) < 4.78 is 34.4. The second-order valence-corrected chi connectivity index (χ2v) is 20.0. The number of unbranched alkanes of at least 4 members (excludes halogenated alkanes) is 25. The van der Waals surface area contributed by atoms with Crippen LogP contribution >= 0.6 is 7.82 Å². The lowest BCUT2D eigenvalue weighted by molar-refractivity contribution is -0.870. The third kappa shape index (κ3) is 49.2. The van der Waals surface area contributed by atoms with Gasteiger partial charge in [0.25, 0.3) is 0 Å². The van der Waals surface area contributed by atoms with E-state index in [9.17, 15) is 19.0 Å². The molecule has 0 fully saturated rings. The lowest BCUT2D eigenvalue weighted by Crippen LogP contribution is -2.37. The van der Waals surface area contributed by atoms with E-state index >= 15 is 0 Å². The zero-order valence-electron chi connectivity index (χ0n) is 41.6. The molecule has 0 radical (unpaired) electrons. The molecule has 2 atom stereocenters. The van der Waals surface area contributed by atoms with Gasteiger partial charge in [-0.1, -0.05) is 210 Å². The fourth-order valence-corrected chi connectivity index (χ4v) is 7.81. The van der Waals surface area contributed by atoms with Crippen molar-refractivity contribution in [2.75, 3.05) is 47.5 Å². The van der Waals surface area contributed by atoms with Gasteiger partial charge in [-0.15, -0.1) is 0 Å². The summed E-state index contributed by atoms with van der Waals surface area (Å²) in [7, 11) is 1.45. The van der Waals surface area contributed by atoms with Crippen LogP contribution in [0, 0.1) is 0 Å². The third-order valence-electron chi connectivity index (χ3n) is 11.1. The highest BCUT2D eigenvalue weighted by atomic mass is 31.2. The van der Waals surface area contributed by atoms with E-state index in [4.69, 9.17) is 18.5 Å². The third-order valence-corrected chi connectivity index (χ3v) is 12.1. The number of phosphoric acid groups is 1. The molecule has 0 rings (SSSR count). The minimum absolute atomic E-state index is 0.0216. The maximum atomic E-state index is 12.7. The second-order valence-electron chi connectivity index (χ2n) is 18.6. The van der Waals surface area contributed by atoms with Crippen LogP contribution in [-0.2, 0) is 32.7 Å². The second kappa shape index (κ2) is 45.1. The van der Waals surface area contributed by atoms with Crippen molar-refractivity contribution in [3.8, 4) is 0 Å². The average molecular weight is 909 g/mol. The number of hydrogen-bond acceptors (Lipinski definition) is 7. The summed E-state index contributed by atoms with van der Waals surface area (Å²) in [5.41, 5.74) is 0. The largest absolute Gasteiger partial charge is 0.472 e. The number of phosphoric ester groups is 1. The topological polar surface area (TPSA) is 108 Å². The molecule has 368 valence electrons. The Balaban J connectivity index is 4.34. The molecule has 1 N–H and O–H groups in total. The van der Waals surface area contributed by atoms with Gasteiger partial charge >= 0.3 is 19.8 Å². The normalized spacial score (nSPS) is 13.8. The molecule has 1 unspecified atom stereocenters. The number of carbonyl (C=O) groups excluding carboxylic acids is 2. The molecule has 0 aromatic heterocycles. The summed E-state index contributed by atoms with van der Waals surface area (Å²) in [6.07, 6.45) is 54.6. The van der Waals surface area contributed by atoms with E-state index in [1.807, 2.05) is 21.1 Å². The molecule has 0 saturated carbocycles. The number of quaternary nitrogens is 1. The van der Waals surface area contributed by atoms with Crippen LogP contribution in [0.15, 0.2) is 48.6 Å². The number of nitrogens with zero attached hydrogens (tertiary/aromatic N) is 1. The number of ether oxygens (including phenoxy) is 2. The van der Waals surface area contributed by atoms with Gasteiger partial charge in [-0.2, -0.15) is 0 Å². The summed E-state index contributed by atoms with van der Waals surface area (Å²) in [5.74, 6) is -0.856. The first-order chi connectivity index (χ1) is 30.5. The Hall–Kier alpha value is -2.03. The van der Waals surface area contributed by atoms with Gasteiger partial charge in [0.2, 0.25) is 0 Å². The quantitative estimate of drug-likeness (QED) is 0.0211.